The standard InChI is InChI=1S/C29H31F3O4S/c1-18-17-19(8-14-23(18)35-28(5,6)26(34)36-27(2,3)4)7-13-22(33)25-16-15-24(37-25)20-9-11-21(12-10-20)29(30,31)32/h8-12,14-17H,7,13H2,1-6H3. The highest BCUT2D eigenvalue weighted by Crippen LogP contribution is 2.34. The first kappa shape index (κ1) is 28.4. The number of hydrogen-bond acceptors (Lipinski definition) is 5. The minimum absolute atomic E-state index is 0.0350. The number of aryl methyl sites for hydroxylation is 2. The van der Waals surface area contributed by atoms with E-state index in [1.165, 1.54) is 23.5 Å². The van der Waals surface area contributed by atoms with Gasteiger partial charge in [0.15, 0.2) is 11.4 Å². The van der Waals surface area contributed by atoms with Crippen LogP contribution in [-0.2, 0) is 22.1 Å². The summed E-state index contributed by atoms with van der Waals surface area (Å²) in [5.74, 6) is 0.0678. The molecule has 37 heavy (non-hydrogen) atoms. The maximum absolute atomic E-state index is 12.8. The van der Waals surface area contributed by atoms with Gasteiger partial charge in [-0.25, -0.2) is 4.79 Å². The Hall–Kier alpha value is -3.13. The molecule has 0 aliphatic rings. The fourth-order valence-corrected chi connectivity index (χ4v) is 4.53. The molecule has 0 atom stereocenters. The number of alkyl halides is 3. The Morgan fingerprint density at radius 2 is 1.54 bits per heavy atom. The summed E-state index contributed by atoms with van der Waals surface area (Å²) in [4.78, 5) is 26.6. The van der Waals surface area contributed by atoms with Crippen LogP contribution in [-0.4, -0.2) is 23.0 Å². The van der Waals surface area contributed by atoms with E-state index >= 15 is 0 Å². The number of ether oxygens (including phenoxy) is 2. The van der Waals surface area contributed by atoms with Gasteiger partial charge in [0.1, 0.15) is 11.4 Å². The van der Waals surface area contributed by atoms with Crippen LogP contribution < -0.4 is 4.74 Å². The van der Waals surface area contributed by atoms with Crippen LogP contribution in [0.2, 0.25) is 0 Å². The molecule has 0 saturated carbocycles. The van der Waals surface area contributed by atoms with Crippen LogP contribution in [0.3, 0.4) is 0 Å². The van der Waals surface area contributed by atoms with Gasteiger partial charge in [-0.1, -0.05) is 24.3 Å². The van der Waals surface area contributed by atoms with Gasteiger partial charge in [-0.2, -0.15) is 13.2 Å². The van der Waals surface area contributed by atoms with Crippen LogP contribution >= 0.6 is 11.3 Å². The lowest BCUT2D eigenvalue weighted by Gasteiger charge is -2.29. The van der Waals surface area contributed by atoms with Gasteiger partial charge in [-0.3, -0.25) is 4.79 Å². The highest BCUT2D eigenvalue weighted by atomic mass is 32.1. The summed E-state index contributed by atoms with van der Waals surface area (Å²) in [6.07, 6.45) is -3.58. The number of halogens is 3. The predicted molar refractivity (Wildman–Crippen MR) is 139 cm³/mol. The Kier molecular flexibility index (Phi) is 8.22. The monoisotopic (exact) mass is 532 g/mol. The second-order valence-electron chi connectivity index (χ2n) is 10.4. The lowest BCUT2D eigenvalue weighted by Crippen LogP contribution is -2.43. The van der Waals surface area contributed by atoms with Gasteiger partial charge in [0.2, 0.25) is 0 Å². The van der Waals surface area contributed by atoms with Gasteiger partial charge in [0.25, 0.3) is 0 Å². The molecule has 0 N–H and O–H groups in total. The molecule has 198 valence electrons. The minimum Gasteiger partial charge on any atom is -0.476 e. The largest absolute Gasteiger partial charge is 0.476 e. The number of rotatable bonds is 8. The zero-order valence-electron chi connectivity index (χ0n) is 21.8. The summed E-state index contributed by atoms with van der Waals surface area (Å²) in [5.41, 5.74) is -0.0687. The summed E-state index contributed by atoms with van der Waals surface area (Å²) in [5, 5.41) is 0. The Morgan fingerprint density at radius 1 is 0.892 bits per heavy atom. The Bertz CT molecular complexity index is 1270. The van der Waals surface area contributed by atoms with Gasteiger partial charge < -0.3 is 9.47 Å². The van der Waals surface area contributed by atoms with Crippen molar-refractivity contribution in [3.8, 4) is 16.2 Å². The molecule has 0 amide bonds. The van der Waals surface area contributed by atoms with Crippen molar-refractivity contribution in [1.82, 2.24) is 0 Å². The molecular formula is C29H31F3O4S. The molecule has 0 bridgehead atoms. The third-order valence-corrected chi connectivity index (χ3v) is 6.69. The van der Waals surface area contributed by atoms with Crippen molar-refractivity contribution in [2.24, 2.45) is 0 Å². The fraction of sp³-hybridized carbons (Fsp3) is 0.379. The quantitative estimate of drug-likeness (QED) is 0.218. The van der Waals surface area contributed by atoms with Gasteiger partial charge in [-0.05, 0) is 95.0 Å². The molecule has 0 radical (unpaired) electrons. The third-order valence-electron chi connectivity index (χ3n) is 5.51. The average Bonchev–Trinajstić information content (AvgIpc) is 3.28. The van der Waals surface area contributed by atoms with E-state index in [-0.39, 0.29) is 12.2 Å². The molecule has 3 aromatic rings. The number of benzene rings is 2. The molecule has 0 aliphatic heterocycles. The summed E-state index contributed by atoms with van der Waals surface area (Å²) in [6.45, 7) is 10.6. The minimum atomic E-state index is -4.38. The summed E-state index contributed by atoms with van der Waals surface area (Å²) in [6, 6.07) is 14.0. The van der Waals surface area contributed by atoms with Crippen molar-refractivity contribution in [3.63, 3.8) is 0 Å². The topological polar surface area (TPSA) is 52.6 Å². The number of carbonyl (C=O) groups is 2. The van der Waals surface area contributed by atoms with Gasteiger partial charge in [-0.15, -0.1) is 11.3 Å². The average molecular weight is 533 g/mol. The smallest absolute Gasteiger partial charge is 0.416 e. The van der Waals surface area contributed by atoms with Crippen LogP contribution in [0.5, 0.6) is 5.75 Å². The van der Waals surface area contributed by atoms with E-state index in [0.717, 1.165) is 28.1 Å². The number of hydrogen-bond donors (Lipinski definition) is 0. The molecule has 2 aromatic carbocycles. The van der Waals surface area contributed by atoms with E-state index in [4.69, 9.17) is 9.47 Å². The van der Waals surface area contributed by atoms with Crippen LogP contribution in [0.1, 0.15) is 67.4 Å². The lowest BCUT2D eigenvalue weighted by atomic mass is 10.0. The molecule has 8 heteroatoms. The molecule has 3 rings (SSSR count). The lowest BCUT2D eigenvalue weighted by molar-refractivity contribution is -0.171. The SMILES string of the molecule is Cc1cc(CCC(=O)c2ccc(-c3ccc(C(F)(F)F)cc3)s2)ccc1OC(C)(C)C(=O)OC(C)(C)C. The van der Waals surface area contributed by atoms with Crippen LogP contribution in [0.25, 0.3) is 10.4 Å². The van der Waals surface area contributed by atoms with E-state index in [2.05, 4.69) is 0 Å². The summed E-state index contributed by atoms with van der Waals surface area (Å²) >= 11 is 1.27. The first-order valence-corrected chi connectivity index (χ1v) is 12.7. The molecule has 4 nitrogen and oxygen atoms in total. The highest BCUT2D eigenvalue weighted by Gasteiger charge is 2.35. The zero-order valence-corrected chi connectivity index (χ0v) is 22.6. The Balaban J connectivity index is 1.61. The first-order valence-electron chi connectivity index (χ1n) is 11.9. The number of esters is 1. The molecule has 1 heterocycles. The van der Waals surface area contributed by atoms with Crippen molar-refractivity contribution in [3.05, 3.63) is 76.2 Å². The zero-order chi connectivity index (χ0) is 27.6. The van der Waals surface area contributed by atoms with Gasteiger partial charge in [0.05, 0.1) is 10.4 Å². The van der Waals surface area contributed by atoms with E-state index in [1.54, 1.807) is 52.8 Å². The second kappa shape index (κ2) is 10.7. The van der Waals surface area contributed by atoms with Gasteiger partial charge in [0, 0.05) is 11.3 Å². The second-order valence-corrected chi connectivity index (χ2v) is 11.5. The number of thiophene rings is 1. The van der Waals surface area contributed by atoms with E-state index in [9.17, 15) is 22.8 Å². The van der Waals surface area contributed by atoms with E-state index in [1.807, 2.05) is 19.1 Å². The van der Waals surface area contributed by atoms with E-state index < -0.39 is 28.9 Å². The molecule has 0 fully saturated rings. The molecule has 0 aliphatic carbocycles. The molecule has 0 unspecified atom stereocenters. The number of Topliss-reactive ketones (excluding diaryl/α,β-unsaturated/α-hetero) is 1. The molecule has 1 aromatic heterocycles. The Morgan fingerprint density at radius 3 is 2.11 bits per heavy atom. The highest BCUT2D eigenvalue weighted by molar-refractivity contribution is 7.17. The predicted octanol–water partition coefficient (Wildman–Crippen LogP) is 8.06. The summed E-state index contributed by atoms with van der Waals surface area (Å²) < 4.78 is 49.8. The fourth-order valence-electron chi connectivity index (χ4n) is 3.55. The first-order chi connectivity index (χ1) is 17.0. The third kappa shape index (κ3) is 7.68. The van der Waals surface area contributed by atoms with Crippen molar-refractivity contribution in [2.75, 3.05) is 0 Å². The van der Waals surface area contributed by atoms with Crippen molar-refractivity contribution in [1.29, 1.82) is 0 Å². The maximum Gasteiger partial charge on any atom is 0.416 e. The Labute approximate surface area is 219 Å². The summed E-state index contributed by atoms with van der Waals surface area (Å²) in [7, 11) is 0. The van der Waals surface area contributed by atoms with Crippen LogP contribution in [0.4, 0.5) is 13.2 Å². The van der Waals surface area contributed by atoms with Crippen LogP contribution in [0.15, 0.2) is 54.6 Å². The van der Waals surface area contributed by atoms with E-state index in [0.29, 0.717) is 22.6 Å². The molecule has 0 saturated heterocycles. The molecular weight excluding hydrogens is 501 g/mol. The van der Waals surface area contributed by atoms with Gasteiger partial charge >= 0.3 is 12.1 Å². The van der Waals surface area contributed by atoms with Crippen molar-refractivity contribution >= 4 is 23.1 Å². The normalized spacial score (nSPS) is 12.4. The molecule has 0 spiro atoms. The maximum atomic E-state index is 12.8. The van der Waals surface area contributed by atoms with Crippen molar-refractivity contribution < 1.29 is 32.2 Å². The van der Waals surface area contributed by atoms with Crippen molar-refractivity contribution in [2.45, 2.75) is 71.8 Å². The number of carbonyl (C=O) groups excluding carboxylic acids is 2. The number of ketones is 1. The van der Waals surface area contributed by atoms with Crippen LogP contribution in [0, 0.1) is 6.92 Å².